The van der Waals surface area contributed by atoms with Crippen molar-refractivity contribution in [2.24, 2.45) is 11.8 Å². The van der Waals surface area contributed by atoms with E-state index in [2.05, 4.69) is 41.5 Å². The average molecular weight is 357 g/mol. The molecule has 1 N–H and O–H groups in total. The Kier molecular flexibility index (Phi) is 6.67. The maximum absolute atomic E-state index is 12.3. The molecule has 1 aromatic rings. The number of nitrogens with zero attached hydrogens (tertiary/aromatic N) is 2. The van der Waals surface area contributed by atoms with Crippen LogP contribution in [0.4, 0.5) is 0 Å². The van der Waals surface area contributed by atoms with Gasteiger partial charge in [-0.2, -0.15) is 0 Å². The summed E-state index contributed by atoms with van der Waals surface area (Å²) in [5.41, 5.74) is 1.31. The number of nitrogens with one attached hydrogen (secondary N) is 1. The first-order valence-electron chi connectivity index (χ1n) is 9.92. The van der Waals surface area contributed by atoms with Crippen LogP contribution in [0.2, 0.25) is 0 Å². The van der Waals surface area contributed by atoms with Crippen molar-refractivity contribution >= 4 is 11.8 Å². The van der Waals surface area contributed by atoms with Crippen molar-refractivity contribution in [2.45, 2.75) is 38.6 Å². The lowest BCUT2D eigenvalue weighted by Crippen LogP contribution is -2.43. The lowest BCUT2D eigenvalue weighted by molar-refractivity contribution is -0.136. The van der Waals surface area contributed by atoms with E-state index in [4.69, 9.17) is 0 Å². The minimum Gasteiger partial charge on any atom is -0.356 e. The fourth-order valence-electron chi connectivity index (χ4n) is 3.63. The van der Waals surface area contributed by atoms with Gasteiger partial charge in [-0.1, -0.05) is 30.3 Å². The summed E-state index contributed by atoms with van der Waals surface area (Å²) in [4.78, 5) is 28.6. The molecule has 26 heavy (non-hydrogen) atoms. The van der Waals surface area contributed by atoms with Crippen molar-refractivity contribution in [2.75, 3.05) is 33.2 Å². The zero-order valence-corrected chi connectivity index (χ0v) is 15.8. The minimum absolute atomic E-state index is 0.0697. The lowest BCUT2D eigenvalue weighted by atomic mass is 9.95. The number of benzene rings is 1. The van der Waals surface area contributed by atoms with Crippen LogP contribution in [0.3, 0.4) is 0 Å². The van der Waals surface area contributed by atoms with Gasteiger partial charge in [0.25, 0.3) is 0 Å². The van der Waals surface area contributed by atoms with E-state index >= 15 is 0 Å². The molecular weight excluding hydrogens is 326 g/mol. The summed E-state index contributed by atoms with van der Waals surface area (Å²) in [5.74, 6) is 0.827. The van der Waals surface area contributed by atoms with Crippen LogP contribution in [0.25, 0.3) is 0 Å². The molecule has 0 aromatic heterocycles. The van der Waals surface area contributed by atoms with Gasteiger partial charge in [-0.25, -0.2) is 0 Å². The Balaban J connectivity index is 1.28. The molecule has 1 aliphatic carbocycles. The van der Waals surface area contributed by atoms with Crippen LogP contribution < -0.4 is 5.32 Å². The Morgan fingerprint density at radius 3 is 2.42 bits per heavy atom. The summed E-state index contributed by atoms with van der Waals surface area (Å²) in [6, 6.07) is 10.4. The quantitative estimate of drug-likeness (QED) is 0.726. The van der Waals surface area contributed by atoms with Gasteiger partial charge in [-0.3, -0.25) is 9.59 Å². The van der Waals surface area contributed by atoms with Crippen LogP contribution in [0.15, 0.2) is 30.3 Å². The highest BCUT2D eigenvalue weighted by atomic mass is 16.2. The van der Waals surface area contributed by atoms with Crippen molar-refractivity contribution in [1.82, 2.24) is 15.1 Å². The fourth-order valence-corrected chi connectivity index (χ4v) is 3.63. The van der Waals surface area contributed by atoms with Gasteiger partial charge < -0.3 is 15.1 Å². The summed E-state index contributed by atoms with van der Waals surface area (Å²) in [6.07, 6.45) is 4.67. The number of amides is 2. The first kappa shape index (κ1) is 18.9. The molecule has 0 unspecified atom stereocenters. The molecule has 1 saturated carbocycles. The summed E-state index contributed by atoms with van der Waals surface area (Å²) >= 11 is 0. The van der Waals surface area contributed by atoms with Crippen LogP contribution >= 0.6 is 0 Å². The molecule has 2 aliphatic rings. The van der Waals surface area contributed by atoms with Crippen LogP contribution in [0.1, 0.15) is 37.7 Å². The van der Waals surface area contributed by atoms with Gasteiger partial charge in [0.15, 0.2) is 0 Å². The van der Waals surface area contributed by atoms with E-state index in [1.807, 2.05) is 11.0 Å². The Bertz CT molecular complexity index is 593. The second kappa shape index (κ2) is 9.17. The Labute approximate surface area is 156 Å². The van der Waals surface area contributed by atoms with Crippen LogP contribution in [-0.4, -0.2) is 54.8 Å². The molecule has 5 nitrogen and oxygen atoms in total. The topological polar surface area (TPSA) is 52.7 Å². The highest BCUT2D eigenvalue weighted by Crippen LogP contribution is 2.32. The van der Waals surface area contributed by atoms with E-state index in [-0.39, 0.29) is 17.7 Å². The molecular formula is C21H31N3O2. The Hall–Kier alpha value is -1.88. The Morgan fingerprint density at radius 2 is 1.77 bits per heavy atom. The molecule has 2 fully saturated rings. The smallest absolute Gasteiger partial charge is 0.225 e. The van der Waals surface area contributed by atoms with Crippen LogP contribution in [-0.2, 0) is 16.1 Å². The number of hydrogen-bond acceptors (Lipinski definition) is 3. The molecule has 1 saturated heterocycles. The number of carbonyl (C=O) groups is 2. The van der Waals surface area contributed by atoms with Gasteiger partial charge in [0, 0.05) is 38.0 Å². The molecule has 0 atom stereocenters. The molecule has 0 radical (unpaired) electrons. The summed E-state index contributed by atoms with van der Waals surface area (Å²) in [5, 5.41) is 3.08. The van der Waals surface area contributed by atoms with Crippen LogP contribution in [0, 0.1) is 11.8 Å². The van der Waals surface area contributed by atoms with E-state index in [1.165, 1.54) is 5.56 Å². The first-order valence-corrected chi connectivity index (χ1v) is 9.92. The number of piperidine rings is 1. The molecule has 0 bridgehead atoms. The molecule has 1 heterocycles. The third-order valence-corrected chi connectivity index (χ3v) is 5.42. The van der Waals surface area contributed by atoms with Crippen molar-refractivity contribution in [1.29, 1.82) is 0 Å². The van der Waals surface area contributed by atoms with E-state index in [0.29, 0.717) is 5.91 Å². The number of rotatable bonds is 8. The second-order valence-corrected chi connectivity index (χ2v) is 7.74. The molecule has 5 heteroatoms. The molecule has 2 amide bonds. The highest BCUT2D eigenvalue weighted by Gasteiger charge is 2.35. The second-order valence-electron chi connectivity index (χ2n) is 7.74. The van der Waals surface area contributed by atoms with Gasteiger partial charge >= 0.3 is 0 Å². The molecule has 0 spiro atoms. The highest BCUT2D eigenvalue weighted by molar-refractivity contribution is 5.82. The van der Waals surface area contributed by atoms with Crippen molar-refractivity contribution in [3.05, 3.63) is 35.9 Å². The number of hydrogen-bond donors (Lipinski definition) is 1. The molecule has 3 rings (SSSR count). The fraction of sp³-hybridized carbons (Fsp3) is 0.619. The Morgan fingerprint density at radius 1 is 1.08 bits per heavy atom. The summed E-state index contributed by atoms with van der Waals surface area (Å²) in [6.45, 7) is 4.10. The van der Waals surface area contributed by atoms with Gasteiger partial charge in [-0.15, -0.1) is 0 Å². The minimum atomic E-state index is 0.0697. The molecule has 142 valence electrons. The standard InChI is InChI=1S/C21H31N3O2/c1-23(16-17-6-3-2-4-7-17)13-5-12-22-20(25)18-10-14-24(15-11-18)21(26)19-8-9-19/h2-4,6-7,18-19H,5,8-16H2,1H3,(H,22,25). The average Bonchev–Trinajstić information content (AvgIpc) is 3.51. The predicted octanol–water partition coefficient (Wildman–Crippen LogP) is 2.27. The van der Waals surface area contributed by atoms with Gasteiger partial charge in [0.1, 0.15) is 0 Å². The van der Waals surface area contributed by atoms with Crippen molar-refractivity contribution in [3.8, 4) is 0 Å². The van der Waals surface area contributed by atoms with E-state index in [9.17, 15) is 9.59 Å². The summed E-state index contributed by atoms with van der Waals surface area (Å²) in [7, 11) is 2.11. The zero-order valence-electron chi connectivity index (χ0n) is 15.8. The largest absolute Gasteiger partial charge is 0.356 e. The van der Waals surface area contributed by atoms with E-state index in [1.54, 1.807) is 0 Å². The van der Waals surface area contributed by atoms with Crippen LogP contribution in [0.5, 0.6) is 0 Å². The maximum Gasteiger partial charge on any atom is 0.225 e. The number of carbonyl (C=O) groups excluding carboxylic acids is 2. The predicted molar refractivity (Wildman–Crippen MR) is 102 cm³/mol. The third-order valence-electron chi connectivity index (χ3n) is 5.42. The zero-order chi connectivity index (χ0) is 18.4. The SMILES string of the molecule is CN(CCCNC(=O)C1CCN(C(=O)C2CC2)CC1)Cc1ccccc1. The number of likely N-dealkylation sites (tertiary alicyclic amines) is 1. The molecule has 1 aliphatic heterocycles. The van der Waals surface area contributed by atoms with Crippen molar-refractivity contribution < 1.29 is 9.59 Å². The van der Waals surface area contributed by atoms with Crippen molar-refractivity contribution in [3.63, 3.8) is 0 Å². The lowest BCUT2D eigenvalue weighted by Gasteiger charge is -2.31. The maximum atomic E-state index is 12.3. The van der Waals surface area contributed by atoms with Gasteiger partial charge in [0.2, 0.25) is 11.8 Å². The monoisotopic (exact) mass is 357 g/mol. The van der Waals surface area contributed by atoms with Gasteiger partial charge in [0.05, 0.1) is 0 Å². The third kappa shape index (κ3) is 5.56. The summed E-state index contributed by atoms with van der Waals surface area (Å²) < 4.78 is 0. The first-order chi connectivity index (χ1) is 12.6. The van der Waals surface area contributed by atoms with E-state index < -0.39 is 0 Å². The molecule has 1 aromatic carbocycles. The normalized spacial score (nSPS) is 18.2. The van der Waals surface area contributed by atoms with Gasteiger partial charge in [-0.05, 0) is 51.3 Å². The van der Waals surface area contributed by atoms with E-state index in [0.717, 1.165) is 64.8 Å².